The van der Waals surface area contributed by atoms with Crippen molar-refractivity contribution in [1.29, 1.82) is 0 Å². The van der Waals surface area contributed by atoms with Crippen LogP contribution in [0.25, 0.3) is 10.8 Å². The number of benzene rings is 3. The van der Waals surface area contributed by atoms with E-state index >= 15 is 0 Å². The second-order valence-electron chi connectivity index (χ2n) is 9.34. The van der Waals surface area contributed by atoms with Crippen molar-refractivity contribution in [1.82, 2.24) is 5.32 Å². The van der Waals surface area contributed by atoms with Crippen LogP contribution in [0.2, 0.25) is 0 Å². The van der Waals surface area contributed by atoms with Crippen molar-refractivity contribution < 1.29 is 14.3 Å². The van der Waals surface area contributed by atoms with E-state index in [0.717, 1.165) is 39.9 Å². The van der Waals surface area contributed by atoms with Crippen LogP contribution in [0, 0.1) is 5.92 Å². The lowest BCUT2D eigenvalue weighted by atomic mass is 9.86. The maximum absolute atomic E-state index is 13.0. The number of rotatable bonds is 6. The molecule has 1 heterocycles. The third kappa shape index (κ3) is 5.08. The smallest absolute Gasteiger partial charge is 0.319 e. The number of carbonyl (C=O) groups is 1. The summed E-state index contributed by atoms with van der Waals surface area (Å²) < 4.78 is 11.5. The quantitative estimate of drug-likeness (QED) is 0.457. The highest BCUT2D eigenvalue weighted by Gasteiger charge is 2.27. The molecule has 0 bridgehead atoms. The Hall–Kier alpha value is -3.21. The molecule has 0 spiro atoms. The van der Waals surface area contributed by atoms with E-state index in [1.807, 2.05) is 36.4 Å². The van der Waals surface area contributed by atoms with E-state index in [-0.39, 0.29) is 18.0 Å². The van der Waals surface area contributed by atoms with Gasteiger partial charge >= 0.3 is 6.03 Å². The first-order valence-corrected chi connectivity index (χ1v) is 12.1. The first kappa shape index (κ1) is 21.6. The van der Waals surface area contributed by atoms with E-state index in [0.29, 0.717) is 19.1 Å². The molecule has 2 amide bonds. The van der Waals surface area contributed by atoms with E-state index < -0.39 is 0 Å². The Morgan fingerprint density at radius 2 is 1.70 bits per heavy atom. The number of anilines is 1. The molecule has 1 aliphatic heterocycles. The monoisotopic (exact) mass is 444 g/mol. The Kier molecular flexibility index (Phi) is 6.38. The molecule has 3 aromatic carbocycles. The minimum Gasteiger partial charge on any atom is -0.486 e. The summed E-state index contributed by atoms with van der Waals surface area (Å²) in [7, 11) is 0. The molecule has 1 fully saturated rings. The molecule has 33 heavy (non-hydrogen) atoms. The normalized spacial score (nSPS) is 17.5. The minimum atomic E-state index is -0.155. The van der Waals surface area contributed by atoms with Crippen LogP contribution in [0.5, 0.6) is 11.5 Å². The van der Waals surface area contributed by atoms with Gasteiger partial charge in [0.2, 0.25) is 0 Å². The maximum atomic E-state index is 13.0. The van der Waals surface area contributed by atoms with Gasteiger partial charge in [0.05, 0.1) is 0 Å². The number of carbonyl (C=O) groups excluding carboxylic acids is 1. The van der Waals surface area contributed by atoms with Crippen LogP contribution in [0.1, 0.15) is 50.5 Å². The van der Waals surface area contributed by atoms with Crippen molar-refractivity contribution in [3.63, 3.8) is 0 Å². The van der Waals surface area contributed by atoms with Crippen molar-refractivity contribution in [3.8, 4) is 11.5 Å². The summed E-state index contributed by atoms with van der Waals surface area (Å²) in [6.45, 7) is 3.35. The van der Waals surface area contributed by atoms with E-state index in [4.69, 9.17) is 9.47 Å². The molecular weight excluding hydrogens is 412 g/mol. The molecular formula is C28H32N2O3. The lowest BCUT2D eigenvalue weighted by molar-refractivity contribution is 0.171. The van der Waals surface area contributed by atoms with Gasteiger partial charge < -0.3 is 20.1 Å². The van der Waals surface area contributed by atoms with E-state index in [2.05, 4.69) is 41.8 Å². The van der Waals surface area contributed by atoms with Gasteiger partial charge in [0.1, 0.15) is 13.2 Å². The largest absolute Gasteiger partial charge is 0.486 e. The SMILES string of the molecule is CC(c1ccc2c(c1)OCCO2)C(CC1CCCC1)NC(=O)Nc1ccc2ccccc2c1. The number of fused-ring (bicyclic) bond motifs is 2. The summed E-state index contributed by atoms with van der Waals surface area (Å²) in [6.07, 6.45) is 6.07. The van der Waals surface area contributed by atoms with Gasteiger partial charge in [-0.05, 0) is 52.9 Å². The number of nitrogens with one attached hydrogen (secondary N) is 2. The number of ether oxygens (including phenoxy) is 2. The fourth-order valence-corrected chi connectivity index (χ4v) is 5.17. The van der Waals surface area contributed by atoms with Crippen molar-refractivity contribution >= 4 is 22.5 Å². The third-order valence-corrected chi connectivity index (χ3v) is 7.08. The van der Waals surface area contributed by atoms with Crippen LogP contribution in [-0.4, -0.2) is 25.3 Å². The number of urea groups is 1. The van der Waals surface area contributed by atoms with Crippen LogP contribution in [0.4, 0.5) is 10.5 Å². The molecule has 5 heteroatoms. The van der Waals surface area contributed by atoms with Crippen LogP contribution in [0.3, 0.4) is 0 Å². The summed E-state index contributed by atoms with van der Waals surface area (Å²) in [5, 5.41) is 8.62. The Morgan fingerprint density at radius 3 is 2.52 bits per heavy atom. The highest BCUT2D eigenvalue weighted by atomic mass is 16.6. The highest BCUT2D eigenvalue weighted by Crippen LogP contribution is 2.36. The molecule has 5 nitrogen and oxygen atoms in total. The fourth-order valence-electron chi connectivity index (χ4n) is 5.17. The van der Waals surface area contributed by atoms with Gasteiger partial charge in [0, 0.05) is 17.6 Å². The van der Waals surface area contributed by atoms with Gasteiger partial charge in [-0.25, -0.2) is 4.79 Å². The highest BCUT2D eigenvalue weighted by molar-refractivity contribution is 5.93. The minimum absolute atomic E-state index is 0.0381. The van der Waals surface area contributed by atoms with Crippen LogP contribution < -0.4 is 20.1 Å². The van der Waals surface area contributed by atoms with E-state index in [1.54, 1.807) is 0 Å². The second kappa shape index (κ2) is 9.74. The summed E-state index contributed by atoms with van der Waals surface area (Å²) >= 11 is 0. The predicted octanol–water partition coefficient (Wildman–Crippen LogP) is 6.49. The van der Waals surface area contributed by atoms with E-state index in [9.17, 15) is 4.79 Å². The van der Waals surface area contributed by atoms with Gasteiger partial charge in [-0.2, -0.15) is 0 Å². The molecule has 5 rings (SSSR count). The average Bonchev–Trinajstić information content (AvgIpc) is 3.36. The topological polar surface area (TPSA) is 59.6 Å². The first-order chi connectivity index (χ1) is 16.2. The molecule has 2 N–H and O–H groups in total. The summed E-state index contributed by atoms with van der Waals surface area (Å²) in [5.74, 6) is 2.41. The zero-order valence-electron chi connectivity index (χ0n) is 19.2. The van der Waals surface area contributed by atoms with Gasteiger partial charge in [-0.3, -0.25) is 0 Å². The van der Waals surface area contributed by atoms with Gasteiger partial charge in [-0.15, -0.1) is 0 Å². The molecule has 0 aromatic heterocycles. The second-order valence-corrected chi connectivity index (χ2v) is 9.34. The van der Waals surface area contributed by atoms with Crippen LogP contribution in [-0.2, 0) is 0 Å². The van der Waals surface area contributed by atoms with Crippen molar-refractivity contribution in [2.45, 2.75) is 51.0 Å². The third-order valence-electron chi connectivity index (χ3n) is 7.08. The van der Waals surface area contributed by atoms with Gasteiger partial charge in [0.15, 0.2) is 11.5 Å². The van der Waals surface area contributed by atoms with Crippen LogP contribution in [0.15, 0.2) is 60.7 Å². The summed E-state index contributed by atoms with van der Waals surface area (Å²) in [6, 6.07) is 20.2. The lowest BCUT2D eigenvalue weighted by Gasteiger charge is -2.29. The molecule has 0 saturated heterocycles. The van der Waals surface area contributed by atoms with Crippen molar-refractivity contribution in [2.24, 2.45) is 5.92 Å². The maximum Gasteiger partial charge on any atom is 0.319 e. The first-order valence-electron chi connectivity index (χ1n) is 12.1. The standard InChI is InChI=1S/C28H32N2O3/c1-19(22-11-13-26-27(18-22)33-15-14-32-26)25(16-20-6-2-3-7-20)30-28(31)29-24-12-10-21-8-4-5-9-23(21)17-24/h4-5,8-13,17-20,25H,2-3,6-7,14-16H2,1H3,(H2,29,30,31). The zero-order chi connectivity index (χ0) is 22.6. The molecule has 3 aromatic rings. The Labute approximate surface area is 195 Å². The molecule has 2 aliphatic rings. The predicted molar refractivity (Wildman–Crippen MR) is 132 cm³/mol. The molecule has 172 valence electrons. The Balaban J connectivity index is 1.32. The Bertz CT molecular complexity index is 1120. The molecule has 2 atom stereocenters. The van der Waals surface area contributed by atoms with Crippen molar-refractivity contribution in [2.75, 3.05) is 18.5 Å². The van der Waals surface area contributed by atoms with Gasteiger partial charge in [-0.1, -0.05) is 69.0 Å². The number of amides is 2. The molecule has 0 radical (unpaired) electrons. The average molecular weight is 445 g/mol. The van der Waals surface area contributed by atoms with Crippen LogP contribution >= 0.6 is 0 Å². The number of hydrogen-bond donors (Lipinski definition) is 2. The zero-order valence-corrected chi connectivity index (χ0v) is 19.2. The Morgan fingerprint density at radius 1 is 0.939 bits per heavy atom. The molecule has 1 saturated carbocycles. The summed E-state index contributed by atoms with van der Waals surface area (Å²) in [5.41, 5.74) is 1.96. The van der Waals surface area contributed by atoms with E-state index in [1.165, 1.54) is 25.7 Å². The molecule has 2 unspecified atom stereocenters. The lowest BCUT2D eigenvalue weighted by Crippen LogP contribution is -2.42. The van der Waals surface area contributed by atoms with Gasteiger partial charge in [0.25, 0.3) is 0 Å². The summed E-state index contributed by atoms with van der Waals surface area (Å²) in [4.78, 5) is 13.0. The number of hydrogen-bond acceptors (Lipinski definition) is 3. The van der Waals surface area contributed by atoms with Crippen molar-refractivity contribution in [3.05, 3.63) is 66.2 Å². The fraction of sp³-hybridized carbons (Fsp3) is 0.393. The molecule has 1 aliphatic carbocycles.